The fourth-order valence-electron chi connectivity index (χ4n) is 1.93. The molecule has 0 saturated carbocycles. The van der Waals surface area contributed by atoms with Gasteiger partial charge in [0, 0.05) is 30.1 Å². The van der Waals surface area contributed by atoms with E-state index in [1.54, 1.807) is 6.20 Å². The highest BCUT2D eigenvalue weighted by Crippen LogP contribution is 2.22. The third-order valence-electron chi connectivity index (χ3n) is 2.74. The van der Waals surface area contributed by atoms with Crippen molar-refractivity contribution in [1.29, 1.82) is 0 Å². The van der Waals surface area contributed by atoms with Crippen molar-refractivity contribution in [3.05, 3.63) is 42.1 Å². The Morgan fingerprint density at radius 3 is 2.60 bits per heavy atom. The molecule has 1 aromatic heterocycles. The van der Waals surface area contributed by atoms with E-state index < -0.39 is 11.9 Å². The number of fused-ring (bicyclic) bond motifs is 1. The van der Waals surface area contributed by atoms with Gasteiger partial charge >= 0.3 is 6.03 Å². The zero-order chi connectivity index (χ0) is 14.7. The number of rotatable bonds is 2. The third-order valence-corrected chi connectivity index (χ3v) is 2.74. The van der Waals surface area contributed by atoms with Gasteiger partial charge in [-0.15, -0.1) is 0 Å². The van der Waals surface area contributed by atoms with Crippen LogP contribution in [-0.2, 0) is 4.79 Å². The number of nitrogens with two attached hydrogens (primary N) is 1. The monoisotopic (exact) mass is 271 g/mol. The van der Waals surface area contributed by atoms with Gasteiger partial charge in [0.2, 0.25) is 5.91 Å². The fraction of sp³-hybridized carbons (Fsp3) is 0.0714. The summed E-state index contributed by atoms with van der Waals surface area (Å²) >= 11 is 0. The molecule has 0 atom stereocenters. The van der Waals surface area contributed by atoms with Gasteiger partial charge in [-0.25, -0.2) is 4.79 Å². The Morgan fingerprint density at radius 1 is 1.25 bits per heavy atom. The Hall–Kier alpha value is -2.89. The summed E-state index contributed by atoms with van der Waals surface area (Å²) in [5.74, 6) is -0.736. The van der Waals surface area contributed by atoms with Gasteiger partial charge in [0.25, 0.3) is 5.91 Å². The van der Waals surface area contributed by atoms with E-state index in [0.717, 1.165) is 10.9 Å². The lowest BCUT2D eigenvalue weighted by atomic mass is 10.1. The maximum atomic E-state index is 11.6. The first-order valence-electron chi connectivity index (χ1n) is 5.88. The average molecular weight is 271 g/mol. The van der Waals surface area contributed by atoms with Gasteiger partial charge in [-0.3, -0.25) is 19.5 Å². The summed E-state index contributed by atoms with van der Waals surface area (Å²) in [5, 5.41) is 2.77. The maximum absolute atomic E-state index is 11.6. The van der Waals surface area contributed by atoms with Crippen molar-refractivity contribution in [3.63, 3.8) is 0 Å². The highest BCUT2D eigenvalue weighted by atomic mass is 16.2. The normalized spacial score (nSPS) is 10.8. The Balaban J connectivity index is 2.40. The summed E-state index contributed by atoms with van der Waals surface area (Å²) in [7, 11) is 0. The Kier molecular flexibility index (Phi) is 3.65. The molecule has 1 heterocycles. The average Bonchev–Trinajstić information content (AvgIpc) is 2.75. The first-order valence-corrected chi connectivity index (χ1v) is 5.88. The van der Waals surface area contributed by atoms with Crippen molar-refractivity contribution in [1.82, 2.24) is 9.88 Å². The van der Waals surface area contributed by atoms with Crippen LogP contribution in [0.25, 0.3) is 17.0 Å². The molecule has 0 spiro atoms. The lowest BCUT2D eigenvalue weighted by molar-refractivity contribution is -0.115. The van der Waals surface area contributed by atoms with Crippen molar-refractivity contribution in [2.75, 3.05) is 0 Å². The highest BCUT2D eigenvalue weighted by Gasteiger charge is 2.09. The maximum Gasteiger partial charge on any atom is 0.319 e. The Bertz CT molecular complexity index is 728. The number of urea groups is 1. The molecule has 0 aliphatic carbocycles. The quantitative estimate of drug-likeness (QED) is 0.810. The van der Waals surface area contributed by atoms with E-state index in [4.69, 9.17) is 5.73 Å². The van der Waals surface area contributed by atoms with E-state index >= 15 is 0 Å². The highest BCUT2D eigenvalue weighted by molar-refractivity contribution is 6.04. The molecule has 2 rings (SSSR count). The fourth-order valence-corrected chi connectivity index (χ4v) is 1.93. The first-order chi connectivity index (χ1) is 9.49. The zero-order valence-electron chi connectivity index (χ0n) is 10.8. The number of primary amides is 1. The van der Waals surface area contributed by atoms with Gasteiger partial charge in [0.05, 0.1) is 5.52 Å². The number of imide groups is 1. The summed E-state index contributed by atoms with van der Waals surface area (Å²) in [6, 6.07) is 6.42. The van der Waals surface area contributed by atoms with Gasteiger partial charge in [-0.1, -0.05) is 18.2 Å². The molecule has 0 saturated heterocycles. The second kappa shape index (κ2) is 5.40. The number of carbonyl (C=O) groups is 3. The zero-order valence-corrected chi connectivity index (χ0v) is 10.8. The Morgan fingerprint density at radius 2 is 1.95 bits per heavy atom. The SMILES string of the molecule is CC(=O)n1cc(C=CC(=O)NC(N)=O)c2ccccc21. The van der Waals surface area contributed by atoms with Crippen molar-refractivity contribution in [2.24, 2.45) is 5.73 Å². The topological polar surface area (TPSA) is 94.2 Å². The van der Waals surface area contributed by atoms with Crippen LogP contribution in [0.2, 0.25) is 0 Å². The van der Waals surface area contributed by atoms with Crippen LogP contribution < -0.4 is 11.1 Å². The molecule has 0 aliphatic rings. The molecule has 6 heteroatoms. The molecule has 20 heavy (non-hydrogen) atoms. The second-order valence-electron chi connectivity index (χ2n) is 4.18. The second-order valence-corrected chi connectivity index (χ2v) is 4.18. The van der Waals surface area contributed by atoms with Crippen LogP contribution >= 0.6 is 0 Å². The molecular weight excluding hydrogens is 258 g/mol. The van der Waals surface area contributed by atoms with Crippen LogP contribution in [0.3, 0.4) is 0 Å². The minimum Gasteiger partial charge on any atom is -0.351 e. The molecular formula is C14H13N3O3. The van der Waals surface area contributed by atoms with E-state index in [9.17, 15) is 14.4 Å². The van der Waals surface area contributed by atoms with E-state index in [-0.39, 0.29) is 5.91 Å². The summed E-state index contributed by atoms with van der Waals surface area (Å²) in [6.45, 7) is 1.46. The van der Waals surface area contributed by atoms with Crippen LogP contribution in [0.1, 0.15) is 17.3 Å². The molecule has 3 N–H and O–H groups in total. The number of amides is 3. The third kappa shape index (κ3) is 2.74. The van der Waals surface area contributed by atoms with E-state index in [1.165, 1.54) is 23.6 Å². The van der Waals surface area contributed by atoms with Crippen LogP contribution in [0, 0.1) is 0 Å². The van der Waals surface area contributed by atoms with Gasteiger partial charge in [-0.2, -0.15) is 0 Å². The molecule has 1 aromatic carbocycles. The molecule has 0 fully saturated rings. The number of nitrogens with zero attached hydrogens (tertiary/aromatic N) is 1. The first kappa shape index (κ1) is 13.5. The molecule has 0 aliphatic heterocycles. The Labute approximate surface area is 114 Å². The number of aromatic nitrogens is 1. The lowest BCUT2D eigenvalue weighted by Crippen LogP contribution is -2.33. The summed E-state index contributed by atoms with van der Waals surface area (Å²) < 4.78 is 1.50. The van der Waals surface area contributed by atoms with Gasteiger partial charge in [-0.05, 0) is 12.1 Å². The molecule has 0 unspecified atom stereocenters. The molecule has 2 aromatic rings. The van der Waals surface area contributed by atoms with Crippen molar-refractivity contribution >= 4 is 34.8 Å². The van der Waals surface area contributed by atoms with Crippen LogP contribution in [0.5, 0.6) is 0 Å². The van der Waals surface area contributed by atoms with Crippen LogP contribution in [-0.4, -0.2) is 22.4 Å². The van der Waals surface area contributed by atoms with Crippen molar-refractivity contribution < 1.29 is 14.4 Å². The van der Waals surface area contributed by atoms with Crippen molar-refractivity contribution in [2.45, 2.75) is 6.92 Å². The molecule has 3 amide bonds. The number of hydrogen-bond donors (Lipinski definition) is 2. The summed E-state index contributed by atoms with van der Waals surface area (Å²) in [5.41, 5.74) is 6.31. The van der Waals surface area contributed by atoms with E-state index in [1.807, 2.05) is 29.6 Å². The predicted octanol–water partition coefficient (Wildman–Crippen LogP) is 1.51. The van der Waals surface area contributed by atoms with Gasteiger partial charge in [0.1, 0.15) is 0 Å². The number of para-hydroxylation sites is 1. The molecule has 0 radical (unpaired) electrons. The van der Waals surface area contributed by atoms with Gasteiger partial charge in [0.15, 0.2) is 0 Å². The number of nitrogens with one attached hydrogen (secondary N) is 1. The minimum absolute atomic E-state index is 0.123. The number of carbonyl (C=O) groups excluding carboxylic acids is 3. The van der Waals surface area contributed by atoms with E-state index in [2.05, 4.69) is 0 Å². The van der Waals surface area contributed by atoms with E-state index in [0.29, 0.717) is 5.56 Å². The standard InChI is InChI=1S/C14H13N3O3/c1-9(18)17-8-10(6-7-13(19)16-14(15)20)11-4-2-3-5-12(11)17/h2-8H,1H3,(H3,15,16,19,20). The number of benzene rings is 1. The summed E-state index contributed by atoms with van der Waals surface area (Å²) in [6.07, 6.45) is 4.36. The molecule has 6 nitrogen and oxygen atoms in total. The van der Waals surface area contributed by atoms with Crippen LogP contribution in [0.15, 0.2) is 36.5 Å². The largest absolute Gasteiger partial charge is 0.351 e. The number of hydrogen-bond acceptors (Lipinski definition) is 3. The smallest absolute Gasteiger partial charge is 0.319 e. The predicted molar refractivity (Wildman–Crippen MR) is 75.0 cm³/mol. The molecule has 0 bridgehead atoms. The van der Waals surface area contributed by atoms with Crippen LogP contribution in [0.4, 0.5) is 4.79 Å². The minimum atomic E-state index is -0.911. The van der Waals surface area contributed by atoms with Crippen molar-refractivity contribution in [3.8, 4) is 0 Å². The summed E-state index contributed by atoms with van der Waals surface area (Å²) in [4.78, 5) is 33.4. The van der Waals surface area contributed by atoms with Gasteiger partial charge < -0.3 is 5.73 Å². The lowest BCUT2D eigenvalue weighted by Gasteiger charge is -1.96. The molecule has 102 valence electrons.